The standard InChI is InChI=1S/C21H24N2O3/c1-14-2-5-18(6-3-14)26-19-8-15-11-23(12-16(15)9-19)13-21(25)20-7-4-17(24)10-22-20/h2-7,10,15-16,19,24H,8-9,11-13H2,1H3/t15-,16+,19-. The molecule has 2 fully saturated rings. The molecule has 1 aliphatic heterocycles. The van der Waals surface area contributed by atoms with Gasteiger partial charge in [0.2, 0.25) is 0 Å². The number of likely N-dealkylation sites (tertiary alicyclic amines) is 1. The van der Waals surface area contributed by atoms with Crippen LogP contribution in [0.1, 0.15) is 28.9 Å². The van der Waals surface area contributed by atoms with Gasteiger partial charge in [-0.2, -0.15) is 0 Å². The van der Waals surface area contributed by atoms with E-state index >= 15 is 0 Å². The summed E-state index contributed by atoms with van der Waals surface area (Å²) in [4.78, 5) is 18.6. The van der Waals surface area contributed by atoms with Crippen molar-refractivity contribution < 1.29 is 14.6 Å². The number of rotatable bonds is 5. The van der Waals surface area contributed by atoms with E-state index in [0.717, 1.165) is 31.7 Å². The third-order valence-electron chi connectivity index (χ3n) is 5.51. The van der Waals surface area contributed by atoms with Gasteiger partial charge < -0.3 is 9.84 Å². The highest BCUT2D eigenvalue weighted by atomic mass is 16.5. The quantitative estimate of drug-likeness (QED) is 0.838. The van der Waals surface area contributed by atoms with Crippen LogP contribution in [0.4, 0.5) is 0 Å². The Morgan fingerprint density at radius 1 is 1.15 bits per heavy atom. The second kappa shape index (κ2) is 7.08. The van der Waals surface area contributed by atoms with Crippen LogP contribution < -0.4 is 4.74 Å². The minimum Gasteiger partial charge on any atom is -0.506 e. The van der Waals surface area contributed by atoms with Crippen molar-refractivity contribution in [2.24, 2.45) is 11.8 Å². The number of aryl methyl sites for hydroxylation is 1. The van der Waals surface area contributed by atoms with Gasteiger partial charge in [0.1, 0.15) is 17.2 Å². The van der Waals surface area contributed by atoms with Gasteiger partial charge in [0.05, 0.1) is 18.8 Å². The van der Waals surface area contributed by atoms with Crippen LogP contribution in [0.15, 0.2) is 42.6 Å². The Balaban J connectivity index is 1.28. The molecule has 3 atom stereocenters. The van der Waals surface area contributed by atoms with E-state index in [2.05, 4.69) is 28.9 Å². The fourth-order valence-electron chi connectivity index (χ4n) is 4.21. The Labute approximate surface area is 153 Å². The van der Waals surface area contributed by atoms with Gasteiger partial charge in [0.15, 0.2) is 5.78 Å². The number of fused-ring (bicyclic) bond motifs is 1. The Kier molecular flexibility index (Phi) is 4.64. The third-order valence-corrected chi connectivity index (χ3v) is 5.51. The second-order valence-corrected chi connectivity index (χ2v) is 7.56. The lowest BCUT2D eigenvalue weighted by Crippen LogP contribution is -2.30. The lowest BCUT2D eigenvalue weighted by Gasteiger charge is -2.19. The smallest absolute Gasteiger partial charge is 0.195 e. The van der Waals surface area contributed by atoms with E-state index in [1.165, 1.54) is 17.8 Å². The summed E-state index contributed by atoms with van der Waals surface area (Å²) in [7, 11) is 0. The van der Waals surface area contributed by atoms with Crippen molar-refractivity contribution in [2.45, 2.75) is 25.9 Å². The molecule has 136 valence electrons. The van der Waals surface area contributed by atoms with Gasteiger partial charge in [0, 0.05) is 13.1 Å². The van der Waals surface area contributed by atoms with Crippen molar-refractivity contribution in [3.05, 3.63) is 53.9 Å². The summed E-state index contributed by atoms with van der Waals surface area (Å²) >= 11 is 0. The maximum absolute atomic E-state index is 12.4. The molecule has 4 rings (SSSR count). The monoisotopic (exact) mass is 352 g/mol. The molecule has 5 heteroatoms. The number of ketones is 1. The number of Topliss-reactive ketones (excluding diaryl/α,β-unsaturated/α-hetero) is 1. The van der Waals surface area contributed by atoms with Crippen LogP contribution in [0, 0.1) is 18.8 Å². The molecule has 1 saturated carbocycles. The van der Waals surface area contributed by atoms with E-state index in [9.17, 15) is 9.90 Å². The number of hydrogen-bond acceptors (Lipinski definition) is 5. The zero-order chi connectivity index (χ0) is 18.1. The average molecular weight is 352 g/mol. The summed E-state index contributed by atoms with van der Waals surface area (Å²) in [5.41, 5.74) is 1.66. The molecule has 1 N–H and O–H groups in total. The van der Waals surface area contributed by atoms with Crippen molar-refractivity contribution in [3.8, 4) is 11.5 Å². The van der Waals surface area contributed by atoms with Gasteiger partial charge in [-0.1, -0.05) is 17.7 Å². The van der Waals surface area contributed by atoms with Gasteiger partial charge in [0.25, 0.3) is 0 Å². The highest BCUT2D eigenvalue weighted by Crippen LogP contribution is 2.39. The number of carbonyl (C=O) groups is 1. The average Bonchev–Trinajstić information content (AvgIpc) is 3.15. The maximum Gasteiger partial charge on any atom is 0.195 e. The number of aromatic hydroxyl groups is 1. The number of pyridine rings is 1. The molecular weight excluding hydrogens is 328 g/mol. The normalized spacial score (nSPS) is 25.2. The van der Waals surface area contributed by atoms with Gasteiger partial charge in [-0.05, 0) is 55.9 Å². The van der Waals surface area contributed by atoms with E-state index in [0.29, 0.717) is 24.1 Å². The Hall–Kier alpha value is -2.40. The van der Waals surface area contributed by atoms with E-state index in [1.54, 1.807) is 6.07 Å². The first-order chi connectivity index (χ1) is 12.6. The molecule has 0 spiro atoms. The second-order valence-electron chi connectivity index (χ2n) is 7.56. The molecule has 2 aliphatic rings. The van der Waals surface area contributed by atoms with Gasteiger partial charge in [-0.3, -0.25) is 9.69 Å². The lowest BCUT2D eigenvalue weighted by atomic mass is 10.0. The minimum atomic E-state index is 0.0115. The third kappa shape index (κ3) is 3.73. The molecule has 0 radical (unpaired) electrons. The zero-order valence-corrected chi connectivity index (χ0v) is 15.0. The summed E-state index contributed by atoms with van der Waals surface area (Å²) in [5.74, 6) is 2.25. The summed E-state index contributed by atoms with van der Waals surface area (Å²) in [6.45, 7) is 4.37. The topological polar surface area (TPSA) is 62.7 Å². The van der Waals surface area contributed by atoms with Crippen molar-refractivity contribution >= 4 is 5.78 Å². The minimum absolute atomic E-state index is 0.0115. The molecule has 1 saturated heterocycles. The first-order valence-electron chi connectivity index (χ1n) is 9.21. The molecule has 5 nitrogen and oxygen atoms in total. The SMILES string of the molecule is Cc1ccc(O[C@@H]2C[C@@H]3CN(CC(=O)c4ccc(O)cn4)C[C@@H]3C2)cc1. The van der Waals surface area contributed by atoms with Crippen LogP contribution in [0.5, 0.6) is 11.5 Å². The van der Waals surface area contributed by atoms with E-state index in [1.807, 2.05) is 12.1 Å². The van der Waals surface area contributed by atoms with Gasteiger partial charge in [-0.15, -0.1) is 0 Å². The van der Waals surface area contributed by atoms with Crippen molar-refractivity contribution in [3.63, 3.8) is 0 Å². The summed E-state index contributed by atoms with van der Waals surface area (Å²) in [6, 6.07) is 11.3. The van der Waals surface area contributed by atoms with Crippen molar-refractivity contribution in [1.82, 2.24) is 9.88 Å². The maximum atomic E-state index is 12.4. The fourth-order valence-corrected chi connectivity index (χ4v) is 4.21. The number of carbonyl (C=O) groups excluding carboxylic acids is 1. The molecule has 0 unspecified atom stereocenters. The molecule has 26 heavy (non-hydrogen) atoms. The molecule has 2 aromatic rings. The fraction of sp³-hybridized carbons (Fsp3) is 0.429. The summed E-state index contributed by atoms with van der Waals surface area (Å²) in [5, 5.41) is 9.28. The van der Waals surface area contributed by atoms with Crippen molar-refractivity contribution in [1.29, 1.82) is 0 Å². The van der Waals surface area contributed by atoms with Crippen LogP contribution in [-0.2, 0) is 0 Å². The van der Waals surface area contributed by atoms with E-state index in [4.69, 9.17) is 4.74 Å². The number of aromatic nitrogens is 1. The summed E-state index contributed by atoms with van der Waals surface area (Å²) in [6.07, 6.45) is 3.71. The molecule has 0 bridgehead atoms. The van der Waals surface area contributed by atoms with Crippen LogP contribution in [0.2, 0.25) is 0 Å². The zero-order valence-electron chi connectivity index (χ0n) is 15.0. The largest absolute Gasteiger partial charge is 0.506 e. The molecule has 1 aliphatic carbocycles. The molecule has 2 heterocycles. The Bertz CT molecular complexity index is 759. The molecular formula is C21H24N2O3. The van der Waals surface area contributed by atoms with Gasteiger partial charge in [-0.25, -0.2) is 4.98 Å². The van der Waals surface area contributed by atoms with Crippen LogP contribution in [-0.4, -0.2) is 46.5 Å². The Morgan fingerprint density at radius 3 is 2.46 bits per heavy atom. The van der Waals surface area contributed by atoms with E-state index < -0.39 is 0 Å². The first kappa shape index (κ1) is 17.0. The highest BCUT2D eigenvalue weighted by Gasteiger charge is 2.42. The highest BCUT2D eigenvalue weighted by molar-refractivity contribution is 5.95. The van der Waals surface area contributed by atoms with Crippen LogP contribution >= 0.6 is 0 Å². The number of hydrogen-bond donors (Lipinski definition) is 1. The molecule has 0 amide bonds. The predicted octanol–water partition coefficient (Wildman–Crippen LogP) is 3.07. The Morgan fingerprint density at radius 2 is 1.85 bits per heavy atom. The lowest BCUT2D eigenvalue weighted by molar-refractivity contribution is 0.0932. The molecule has 1 aromatic carbocycles. The van der Waals surface area contributed by atoms with E-state index in [-0.39, 0.29) is 17.6 Å². The van der Waals surface area contributed by atoms with Crippen molar-refractivity contribution in [2.75, 3.05) is 19.6 Å². The summed E-state index contributed by atoms with van der Waals surface area (Å²) < 4.78 is 6.14. The number of ether oxygens (including phenoxy) is 1. The predicted molar refractivity (Wildman–Crippen MR) is 98.5 cm³/mol. The van der Waals surface area contributed by atoms with Crippen LogP contribution in [0.25, 0.3) is 0 Å². The number of nitrogens with zero attached hydrogens (tertiary/aromatic N) is 2. The molecule has 1 aromatic heterocycles. The van der Waals surface area contributed by atoms with Crippen LogP contribution in [0.3, 0.4) is 0 Å². The number of benzene rings is 1. The first-order valence-corrected chi connectivity index (χ1v) is 9.21. The van der Waals surface area contributed by atoms with Gasteiger partial charge >= 0.3 is 0 Å².